The molecule has 0 radical (unpaired) electrons. The summed E-state index contributed by atoms with van der Waals surface area (Å²) in [4.78, 5) is 24.9. The second-order valence-electron chi connectivity index (χ2n) is 9.15. The third kappa shape index (κ3) is 5.31. The Labute approximate surface area is 180 Å². The van der Waals surface area contributed by atoms with Gasteiger partial charge in [-0.2, -0.15) is 0 Å². The van der Waals surface area contributed by atoms with Crippen LogP contribution in [0.15, 0.2) is 18.2 Å². The highest BCUT2D eigenvalue weighted by molar-refractivity contribution is 5.92. The lowest BCUT2D eigenvalue weighted by atomic mass is 10.0. The van der Waals surface area contributed by atoms with E-state index >= 15 is 0 Å². The number of nitrogens with one attached hydrogen (secondary N) is 1. The molecule has 0 saturated carbocycles. The van der Waals surface area contributed by atoms with Gasteiger partial charge in [-0.1, -0.05) is 6.07 Å². The number of rotatable bonds is 5. The van der Waals surface area contributed by atoms with Crippen LogP contribution in [0, 0.1) is 0 Å². The van der Waals surface area contributed by atoms with E-state index in [1.807, 2.05) is 12.1 Å². The molecule has 4 heterocycles. The Hall–Kier alpha value is -1.70. The van der Waals surface area contributed by atoms with Gasteiger partial charge < -0.3 is 19.9 Å². The molecule has 0 unspecified atom stereocenters. The van der Waals surface area contributed by atoms with E-state index in [9.17, 15) is 4.79 Å². The lowest BCUT2D eigenvalue weighted by Gasteiger charge is -2.39. The summed E-state index contributed by atoms with van der Waals surface area (Å²) in [5.74, 6) is 0.822. The third-order valence-corrected chi connectivity index (χ3v) is 6.83. The van der Waals surface area contributed by atoms with E-state index in [1.165, 1.54) is 25.9 Å². The quantitative estimate of drug-likeness (QED) is 0.794. The van der Waals surface area contributed by atoms with Gasteiger partial charge in [0, 0.05) is 44.9 Å². The standard InChI is InChI=1S/C23H37N5O2/c1-18(2)26-12-7-20(8-13-26)27-10-4-11-28(15-14-27)22-6-3-5-21(25-22)23(29)24-19-9-16-30-17-19/h3,5-6,18-20H,4,7-17H2,1-2H3,(H,24,29)/t19-/m0/s1. The Morgan fingerprint density at radius 3 is 2.67 bits per heavy atom. The first-order valence-corrected chi connectivity index (χ1v) is 11.7. The van der Waals surface area contributed by atoms with Crippen molar-refractivity contribution in [3.8, 4) is 0 Å². The second kappa shape index (κ2) is 10.1. The van der Waals surface area contributed by atoms with Gasteiger partial charge in [0.1, 0.15) is 11.5 Å². The van der Waals surface area contributed by atoms with E-state index in [1.54, 1.807) is 6.07 Å². The molecule has 3 saturated heterocycles. The highest BCUT2D eigenvalue weighted by Gasteiger charge is 2.27. The summed E-state index contributed by atoms with van der Waals surface area (Å²) < 4.78 is 5.35. The van der Waals surface area contributed by atoms with Crippen molar-refractivity contribution in [3.63, 3.8) is 0 Å². The molecule has 3 aliphatic rings. The van der Waals surface area contributed by atoms with Gasteiger partial charge in [-0.05, 0) is 64.8 Å². The fraction of sp³-hybridized carbons (Fsp3) is 0.739. The molecule has 1 aromatic heterocycles. The first-order chi connectivity index (χ1) is 14.6. The number of ether oxygens (including phenoxy) is 1. The van der Waals surface area contributed by atoms with Crippen LogP contribution >= 0.6 is 0 Å². The molecular weight excluding hydrogens is 378 g/mol. The van der Waals surface area contributed by atoms with Crippen LogP contribution in [0.3, 0.4) is 0 Å². The summed E-state index contributed by atoms with van der Waals surface area (Å²) in [7, 11) is 0. The maximum atomic E-state index is 12.6. The van der Waals surface area contributed by atoms with E-state index in [0.29, 0.717) is 24.4 Å². The fourth-order valence-corrected chi connectivity index (χ4v) is 4.93. The molecule has 1 N–H and O–H groups in total. The van der Waals surface area contributed by atoms with Gasteiger partial charge in [0.25, 0.3) is 5.91 Å². The number of anilines is 1. The summed E-state index contributed by atoms with van der Waals surface area (Å²) in [5.41, 5.74) is 0.501. The lowest BCUT2D eigenvalue weighted by molar-refractivity contribution is 0.0925. The SMILES string of the molecule is CC(C)N1CCC(N2CCCN(c3cccc(C(=O)N[C@H]4CCOC4)n3)CC2)CC1. The van der Waals surface area contributed by atoms with Crippen molar-refractivity contribution in [2.45, 2.75) is 57.7 Å². The molecule has 1 atom stereocenters. The van der Waals surface area contributed by atoms with Crippen molar-refractivity contribution in [2.24, 2.45) is 0 Å². The minimum absolute atomic E-state index is 0.0966. The number of carbonyl (C=O) groups excluding carboxylic acids is 1. The Morgan fingerprint density at radius 1 is 1.10 bits per heavy atom. The topological polar surface area (TPSA) is 60.9 Å². The summed E-state index contributed by atoms with van der Waals surface area (Å²) in [6.45, 7) is 12.5. The van der Waals surface area contributed by atoms with Crippen molar-refractivity contribution in [3.05, 3.63) is 23.9 Å². The largest absolute Gasteiger partial charge is 0.379 e. The van der Waals surface area contributed by atoms with Crippen molar-refractivity contribution >= 4 is 11.7 Å². The van der Waals surface area contributed by atoms with Gasteiger partial charge in [-0.15, -0.1) is 0 Å². The predicted molar refractivity (Wildman–Crippen MR) is 119 cm³/mol. The lowest BCUT2D eigenvalue weighted by Crippen LogP contribution is -2.47. The van der Waals surface area contributed by atoms with Crippen molar-refractivity contribution in [1.82, 2.24) is 20.1 Å². The van der Waals surface area contributed by atoms with E-state index in [0.717, 1.165) is 51.4 Å². The van der Waals surface area contributed by atoms with Crippen molar-refractivity contribution in [2.75, 3.05) is 57.4 Å². The number of nitrogens with zero attached hydrogens (tertiary/aromatic N) is 4. The molecule has 0 bridgehead atoms. The van der Waals surface area contributed by atoms with E-state index in [-0.39, 0.29) is 11.9 Å². The van der Waals surface area contributed by atoms with Crippen LogP contribution < -0.4 is 10.2 Å². The van der Waals surface area contributed by atoms with Crippen LogP contribution in [0.25, 0.3) is 0 Å². The Balaban J connectivity index is 1.32. The Morgan fingerprint density at radius 2 is 1.93 bits per heavy atom. The number of amides is 1. The fourth-order valence-electron chi connectivity index (χ4n) is 4.93. The highest BCUT2D eigenvalue weighted by atomic mass is 16.5. The first-order valence-electron chi connectivity index (χ1n) is 11.7. The number of likely N-dealkylation sites (tertiary alicyclic amines) is 1. The van der Waals surface area contributed by atoms with Crippen LogP contribution in [-0.4, -0.2) is 91.3 Å². The predicted octanol–water partition coefficient (Wildman–Crippen LogP) is 1.99. The summed E-state index contributed by atoms with van der Waals surface area (Å²) in [6.07, 6.45) is 4.57. The van der Waals surface area contributed by atoms with Crippen LogP contribution in [0.4, 0.5) is 5.82 Å². The first kappa shape index (κ1) is 21.5. The van der Waals surface area contributed by atoms with Gasteiger partial charge in [0.15, 0.2) is 0 Å². The van der Waals surface area contributed by atoms with Crippen LogP contribution in [-0.2, 0) is 4.74 Å². The third-order valence-electron chi connectivity index (χ3n) is 6.83. The van der Waals surface area contributed by atoms with Gasteiger partial charge >= 0.3 is 0 Å². The van der Waals surface area contributed by atoms with E-state index in [2.05, 4.69) is 33.9 Å². The Bertz CT molecular complexity index is 699. The zero-order valence-corrected chi connectivity index (χ0v) is 18.6. The molecule has 0 aliphatic carbocycles. The smallest absolute Gasteiger partial charge is 0.270 e. The van der Waals surface area contributed by atoms with Gasteiger partial charge in [-0.3, -0.25) is 9.69 Å². The van der Waals surface area contributed by atoms with Gasteiger partial charge in [-0.25, -0.2) is 4.98 Å². The maximum Gasteiger partial charge on any atom is 0.270 e. The number of pyridine rings is 1. The maximum absolute atomic E-state index is 12.6. The molecule has 166 valence electrons. The number of aromatic nitrogens is 1. The van der Waals surface area contributed by atoms with Gasteiger partial charge in [0.05, 0.1) is 12.6 Å². The molecule has 4 rings (SSSR count). The summed E-state index contributed by atoms with van der Waals surface area (Å²) in [6, 6.07) is 7.26. The van der Waals surface area contributed by atoms with Crippen molar-refractivity contribution < 1.29 is 9.53 Å². The van der Waals surface area contributed by atoms with E-state index < -0.39 is 0 Å². The summed E-state index contributed by atoms with van der Waals surface area (Å²) >= 11 is 0. The van der Waals surface area contributed by atoms with Crippen LogP contribution in [0.1, 0.15) is 50.0 Å². The summed E-state index contributed by atoms with van der Waals surface area (Å²) in [5, 5.41) is 3.04. The molecule has 3 aliphatic heterocycles. The molecule has 1 amide bonds. The normalized spacial score (nSPS) is 24.9. The second-order valence-corrected chi connectivity index (χ2v) is 9.15. The zero-order chi connectivity index (χ0) is 20.9. The molecule has 7 nitrogen and oxygen atoms in total. The average Bonchev–Trinajstić information content (AvgIpc) is 3.15. The molecular formula is C23H37N5O2. The monoisotopic (exact) mass is 415 g/mol. The van der Waals surface area contributed by atoms with E-state index in [4.69, 9.17) is 9.72 Å². The number of piperidine rings is 1. The van der Waals surface area contributed by atoms with Crippen LogP contribution in [0.2, 0.25) is 0 Å². The molecule has 7 heteroatoms. The highest BCUT2D eigenvalue weighted by Crippen LogP contribution is 2.21. The average molecular weight is 416 g/mol. The molecule has 30 heavy (non-hydrogen) atoms. The number of carbonyl (C=O) groups is 1. The molecule has 0 spiro atoms. The number of hydrogen-bond donors (Lipinski definition) is 1. The minimum atomic E-state index is -0.0966. The molecule has 3 fully saturated rings. The number of hydrogen-bond acceptors (Lipinski definition) is 6. The van der Waals surface area contributed by atoms with Crippen LogP contribution in [0.5, 0.6) is 0 Å². The zero-order valence-electron chi connectivity index (χ0n) is 18.6. The molecule has 0 aromatic carbocycles. The van der Waals surface area contributed by atoms with Crippen molar-refractivity contribution in [1.29, 1.82) is 0 Å². The Kier molecular flexibility index (Phi) is 7.23. The molecule has 1 aromatic rings. The minimum Gasteiger partial charge on any atom is -0.379 e. The van der Waals surface area contributed by atoms with Gasteiger partial charge in [0.2, 0.25) is 0 Å².